The minimum absolute atomic E-state index is 0.0761. The molecule has 0 bridgehead atoms. The van der Waals surface area contributed by atoms with Crippen molar-refractivity contribution in [2.24, 2.45) is 0 Å². The van der Waals surface area contributed by atoms with Gasteiger partial charge in [0.2, 0.25) is 11.8 Å². The molecule has 0 fully saturated rings. The van der Waals surface area contributed by atoms with Gasteiger partial charge in [-0.15, -0.1) is 0 Å². The van der Waals surface area contributed by atoms with E-state index in [1.807, 2.05) is 26.2 Å². The van der Waals surface area contributed by atoms with Crippen LogP contribution in [-0.4, -0.2) is 60.3 Å². The first-order chi connectivity index (χ1) is 9.99. The molecule has 2 amide bonds. The Morgan fingerprint density at radius 1 is 1.19 bits per heavy atom. The topological polar surface area (TPSA) is 65.5 Å². The summed E-state index contributed by atoms with van der Waals surface area (Å²) in [5.74, 6) is -0.223. The molecule has 1 rings (SSSR count). The van der Waals surface area contributed by atoms with Crippen molar-refractivity contribution < 1.29 is 9.59 Å². The normalized spacial score (nSPS) is 10.5. The Balaban J connectivity index is 2.36. The van der Waals surface area contributed by atoms with Crippen LogP contribution in [0.3, 0.4) is 0 Å². The van der Waals surface area contributed by atoms with Crippen LogP contribution in [0.5, 0.6) is 0 Å². The fourth-order valence-electron chi connectivity index (χ4n) is 1.86. The molecule has 1 aromatic rings. The van der Waals surface area contributed by atoms with Crippen LogP contribution in [0.1, 0.15) is 18.9 Å². The van der Waals surface area contributed by atoms with Crippen molar-refractivity contribution >= 4 is 11.8 Å². The summed E-state index contributed by atoms with van der Waals surface area (Å²) < 4.78 is 0. The molecule has 0 spiro atoms. The van der Waals surface area contributed by atoms with E-state index in [1.165, 1.54) is 6.92 Å². The Hall–Kier alpha value is -1.95. The summed E-state index contributed by atoms with van der Waals surface area (Å²) in [6.45, 7) is 3.53. The molecular weight excluding hydrogens is 268 g/mol. The van der Waals surface area contributed by atoms with Gasteiger partial charge in [-0.25, -0.2) is 0 Å². The minimum Gasteiger partial charge on any atom is -0.350 e. The van der Waals surface area contributed by atoms with Gasteiger partial charge in [0.05, 0.1) is 6.54 Å². The largest absolute Gasteiger partial charge is 0.350 e. The first-order valence-corrected chi connectivity index (χ1v) is 7.05. The molecular formula is C15H24N4O2. The van der Waals surface area contributed by atoms with Crippen molar-refractivity contribution in [1.29, 1.82) is 0 Å². The highest BCUT2D eigenvalue weighted by Crippen LogP contribution is 1.97. The van der Waals surface area contributed by atoms with E-state index in [9.17, 15) is 9.59 Å². The highest BCUT2D eigenvalue weighted by atomic mass is 16.2. The van der Waals surface area contributed by atoms with E-state index in [0.717, 1.165) is 18.5 Å². The SMILES string of the molecule is CC(=O)N(CCCN(C)C)CC(=O)NCc1ccncc1. The van der Waals surface area contributed by atoms with Crippen molar-refractivity contribution in [3.8, 4) is 0 Å². The van der Waals surface area contributed by atoms with Gasteiger partial charge in [0, 0.05) is 32.4 Å². The third-order valence-electron chi connectivity index (χ3n) is 3.05. The summed E-state index contributed by atoms with van der Waals surface area (Å²) >= 11 is 0. The minimum atomic E-state index is -0.146. The lowest BCUT2D eigenvalue weighted by atomic mass is 10.2. The van der Waals surface area contributed by atoms with Gasteiger partial charge in [-0.2, -0.15) is 0 Å². The molecule has 1 N–H and O–H groups in total. The van der Waals surface area contributed by atoms with Gasteiger partial charge in [0.15, 0.2) is 0 Å². The summed E-state index contributed by atoms with van der Waals surface area (Å²) in [4.78, 5) is 31.0. The first-order valence-electron chi connectivity index (χ1n) is 7.05. The third-order valence-corrected chi connectivity index (χ3v) is 3.05. The van der Waals surface area contributed by atoms with E-state index in [2.05, 4.69) is 15.2 Å². The van der Waals surface area contributed by atoms with Crippen LogP contribution < -0.4 is 5.32 Å². The molecule has 0 saturated carbocycles. The van der Waals surface area contributed by atoms with Crippen molar-refractivity contribution in [2.45, 2.75) is 19.9 Å². The Morgan fingerprint density at radius 3 is 2.43 bits per heavy atom. The number of rotatable bonds is 8. The summed E-state index contributed by atoms with van der Waals surface area (Å²) in [5, 5.41) is 2.81. The quantitative estimate of drug-likeness (QED) is 0.758. The Bertz CT molecular complexity index is 448. The molecule has 0 saturated heterocycles. The monoisotopic (exact) mass is 292 g/mol. The van der Waals surface area contributed by atoms with Crippen molar-refractivity contribution in [2.75, 3.05) is 33.7 Å². The maximum atomic E-state index is 11.9. The molecule has 1 heterocycles. The predicted octanol–water partition coefficient (Wildman–Crippen LogP) is 0.498. The summed E-state index contributed by atoms with van der Waals surface area (Å²) in [6.07, 6.45) is 4.22. The second kappa shape index (κ2) is 9.07. The third kappa shape index (κ3) is 7.41. The van der Waals surface area contributed by atoms with Gasteiger partial charge in [-0.3, -0.25) is 14.6 Å². The zero-order valence-corrected chi connectivity index (χ0v) is 13.0. The second-order valence-corrected chi connectivity index (χ2v) is 5.23. The molecule has 0 aliphatic rings. The van der Waals surface area contributed by atoms with Crippen molar-refractivity contribution in [3.63, 3.8) is 0 Å². The Labute approximate surface area is 126 Å². The van der Waals surface area contributed by atoms with E-state index < -0.39 is 0 Å². The molecule has 21 heavy (non-hydrogen) atoms. The Morgan fingerprint density at radius 2 is 1.86 bits per heavy atom. The summed E-state index contributed by atoms with van der Waals surface area (Å²) in [7, 11) is 3.97. The van der Waals surface area contributed by atoms with Crippen LogP contribution in [0, 0.1) is 0 Å². The van der Waals surface area contributed by atoms with Gasteiger partial charge >= 0.3 is 0 Å². The average Bonchev–Trinajstić information content (AvgIpc) is 2.44. The lowest BCUT2D eigenvalue weighted by Crippen LogP contribution is -2.40. The number of nitrogens with one attached hydrogen (secondary N) is 1. The zero-order chi connectivity index (χ0) is 15.7. The first kappa shape index (κ1) is 17.1. The maximum absolute atomic E-state index is 11.9. The molecule has 6 heteroatoms. The van der Waals surface area contributed by atoms with E-state index in [1.54, 1.807) is 17.3 Å². The molecule has 0 aromatic carbocycles. The number of nitrogens with zero attached hydrogens (tertiary/aromatic N) is 3. The fraction of sp³-hybridized carbons (Fsp3) is 0.533. The van der Waals surface area contributed by atoms with E-state index in [4.69, 9.17) is 0 Å². The van der Waals surface area contributed by atoms with Crippen LogP contribution in [0.2, 0.25) is 0 Å². The predicted molar refractivity (Wildman–Crippen MR) is 81.5 cm³/mol. The molecule has 0 aliphatic carbocycles. The highest BCUT2D eigenvalue weighted by Gasteiger charge is 2.13. The highest BCUT2D eigenvalue weighted by molar-refractivity contribution is 5.83. The number of carbonyl (C=O) groups excluding carboxylic acids is 2. The van der Waals surface area contributed by atoms with E-state index >= 15 is 0 Å². The number of hydrogen-bond donors (Lipinski definition) is 1. The smallest absolute Gasteiger partial charge is 0.239 e. The second-order valence-electron chi connectivity index (χ2n) is 5.23. The van der Waals surface area contributed by atoms with Gasteiger partial charge in [-0.05, 0) is 44.8 Å². The zero-order valence-electron chi connectivity index (χ0n) is 13.0. The average molecular weight is 292 g/mol. The van der Waals surface area contributed by atoms with Crippen LogP contribution >= 0.6 is 0 Å². The number of carbonyl (C=O) groups is 2. The molecule has 0 atom stereocenters. The van der Waals surface area contributed by atoms with Crippen LogP contribution in [0.15, 0.2) is 24.5 Å². The number of amides is 2. The van der Waals surface area contributed by atoms with E-state index in [0.29, 0.717) is 13.1 Å². The maximum Gasteiger partial charge on any atom is 0.239 e. The van der Waals surface area contributed by atoms with E-state index in [-0.39, 0.29) is 18.4 Å². The van der Waals surface area contributed by atoms with Gasteiger partial charge in [0.1, 0.15) is 0 Å². The number of aromatic nitrogens is 1. The molecule has 0 radical (unpaired) electrons. The van der Waals surface area contributed by atoms with Crippen LogP contribution in [0.4, 0.5) is 0 Å². The summed E-state index contributed by atoms with van der Waals surface area (Å²) in [6, 6.07) is 3.69. The molecule has 1 aromatic heterocycles. The van der Waals surface area contributed by atoms with Crippen molar-refractivity contribution in [3.05, 3.63) is 30.1 Å². The number of pyridine rings is 1. The molecule has 0 unspecified atom stereocenters. The molecule has 116 valence electrons. The summed E-state index contributed by atoms with van der Waals surface area (Å²) in [5.41, 5.74) is 0.986. The van der Waals surface area contributed by atoms with Crippen LogP contribution in [-0.2, 0) is 16.1 Å². The lowest BCUT2D eigenvalue weighted by Gasteiger charge is -2.21. The lowest BCUT2D eigenvalue weighted by molar-refractivity contribution is -0.134. The van der Waals surface area contributed by atoms with Gasteiger partial charge < -0.3 is 15.1 Å². The molecule has 6 nitrogen and oxygen atoms in total. The number of hydrogen-bond acceptors (Lipinski definition) is 4. The van der Waals surface area contributed by atoms with Crippen molar-refractivity contribution in [1.82, 2.24) is 20.1 Å². The standard InChI is InChI=1S/C15H24N4O2/c1-13(20)19(10-4-9-18(2)3)12-15(21)17-11-14-5-7-16-8-6-14/h5-8H,4,9-12H2,1-3H3,(H,17,21). The fourth-order valence-corrected chi connectivity index (χ4v) is 1.86. The van der Waals surface area contributed by atoms with Gasteiger partial charge in [0.25, 0.3) is 0 Å². The van der Waals surface area contributed by atoms with Gasteiger partial charge in [-0.1, -0.05) is 0 Å². The van der Waals surface area contributed by atoms with Crippen LogP contribution in [0.25, 0.3) is 0 Å². The Kier molecular flexibility index (Phi) is 7.39. The molecule has 0 aliphatic heterocycles.